The summed E-state index contributed by atoms with van der Waals surface area (Å²) in [4.78, 5) is 27.7. The zero-order chi connectivity index (χ0) is 20.2. The summed E-state index contributed by atoms with van der Waals surface area (Å²) in [5.41, 5.74) is -0.458. The molecule has 2 rings (SSSR count). The Kier molecular flexibility index (Phi) is 6.68. The lowest BCUT2D eigenvalue weighted by Crippen LogP contribution is -2.43. The number of carboxylic acids is 1. The van der Waals surface area contributed by atoms with Crippen molar-refractivity contribution >= 4 is 23.4 Å². The van der Waals surface area contributed by atoms with Crippen LogP contribution in [-0.4, -0.2) is 27.4 Å². The fourth-order valence-electron chi connectivity index (χ4n) is 2.99. The molecule has 1 aromatic carbocycles. The van der Waals surface area contributed by atoms with Crippen molar-refractivity contribution in [2.75, 3.05) is 0 Å². The molecule has 0 aliphatic rings. The number of aliphatic carboxylic acids is 1. The number of carbonyl (C=O) groups excluding carboxylic acids is 1. The first kappa shape index (κ1) is 21.0. The van der Waals surface area contributed by atoms with Crippen molar-refractivity contribution in [2.24, 2.45) is 0 Å². The van der Waals surface area contributed by atoms with Gasteiger partial charge in [-0.15, -0.1) is 0 Å². The van der Waals surface area contributed by atoms with Crippen molar-refractivity contribution in [2.45, 2.75) is 45.2 Å². The van der Waals surface area contributed by atoms with Crippen LogP contribution in [0, 0.1) is 5.82 Å². The smallest absolute Gasteiger partial charge is 0.305 e. The van der Waals surface area contributed by atoms with E-state index in [0.29, 0.717) is 6.42 Å². The first-order valence-corrected chi connectivity index (χ1v) is 8.96. The fraction of sp³-hybridized carbons (Fsp3) is 0.350. The Bertz CT molecular complexity index is 841. The Morgan fingerprint density at radius 3 is 2.59 bits per heavy atom. The highest BCUT2D eigenvalue weighted by Gasteiger charge is 2.29. The molecule has 0 aliphatic heterocycles. The number of hydrogen-bond donors (Lipinski definition) is 2. The summed E-state index contributed by atoms with van der Waals surface area (Å²) in [6.07, 6.45) is 3.26. The summed E-state index contributed by atoms with van der Waals surface area (Å²) < 4.78 is 15.3. The molecular weight excluding hydrogens is 371 g/mol. The van der Waals surface area contributed by atoms with E-state index >= 15 is 4.39 Å². The van der Waals surface area contributed by atoms with E-state index in [2.05, 4.69) is 10.3 Å². The highest BCUT2D eigenvalue weighted by Crippen LogP contribution is 2.31. The average Bonchev–Trinajstić information content (AvgIpc) is 2.59. The Hall–Kier alpha value is -2.31. The summed E-state index contributed by atoms with van der Waals surface area (Å²) in [6.45, 7) is 5.32. The molecular formula is C20H22ClFN2O3. The van der Waals surface area contributed by atoms with Crippen LogP contribution in [0.1, 0.15) is 61.1 Å². The van der Waals surface area contributed by atoms with Gasteiger partial charge in [-0.1, -0.05) is 24.6 Å². The third-order valence-electron chi connectivity index (χ3n) is 4.21. The van der Waals surface area contributed by atoms with Gasteiger partial charge in [-0.3, -0.25) is 14.6 Å². The molecule has 0 saturated carbocycles. The van der Waals surface area contributed by atoms with Gasteiger partial charge in [0.05, 0.1) is 17.0 Å². The monoisotopic (exact) mass is 392 g/mol. The predicted octanol–water partition coefficient (Wildman–Crippen LogP) is 4.40. The maximum absolute atomic E-state index is 15.3. The number of carbonyl (C=O) groups is 2. The molecule has 0 spiro atoms. The van der Waals surface area contributed by atoms with Crippen molar-refractivity contribution < 1.29 is 19.1 Å². The van der Waals surface area contributed by atoms with E-state index in [-0.39, 0.29) is 28.1 Å². The molecule has 0 bridgehead atoms. The highest BCUT2D eigenvalue weighted by molar-refractivity contribution is 6.35. The van der Waals surface area contributed by atoms with Crippen LogP contribution < -0.4 is 5.32 Å². The molecule has 0 unspecified atom stereocenters. The van der Waals surface area contributed by atoms with Gasteiger partial charge in [0.1, 0.15) is 5.82 Å². The molecule has 0 aliphatic carbocycles. The average molecular weight is 393 g/mol. The predicted molar refractivity (Wildman–Crippen MR) is 102 cm³/mol. The summed E-state index contributed by atoms with van der Waals surface area (Å²) in [5, 5.41) is 12.2. The SMILES string of the molecule is CC[C@@H](NC(C)(C)CC(=O)O)c1ccc(Cl)c(C(=O)c2cccnc2)c1F. The number of hydrogen-bond acceptors (Lipinski definition) is 4. The van der Waals surface area contributed by atoms with Crippen LogP contribution in [0.15, 0.2) is 36.7 Å². The van der Waals surface area contributed by atoms with E-state index in [1.165, 1.54) is 24.5 Å². The van der Waals surface area contributed by atoms with Crippen molar-refractivity contribution in [3.8, 4) is 0 Å². The Balaban J connectivity index is 2.43. The number of carboxylic acid groups (broad SMARTS) is 1. The molecule has 27 heavy (non-hydrogen) atoms. The van der Waals surface area contributed by atoms with Gasteiger partial charge in [0.25, 0.3) is 0 Å². The van der Waals surface area contributed by atoms with Crippen molar-refractivity contribution in [1.29, 1.82) is 0 Å². The van der Waals surface area contributed by atoms with E-state index < -0.39 is 29.2 Å². The molecule has 0 fully saturated rings. The van der Waals surface area contributed by atoms with E-state index in [1.54, 1.807) is 26.0 Å². The van der Waals surface area contributed by atoms with Gasteiger partial charge >= 0.3 is 5.97 Å². The van der Waals surface area contributed by atoms with Gasteiger partial charge in [0.2, 0.25) is 0 Å². The second-order valence-corrected chi connectivity index (χ2v) is 7.36. The minimum atomic E-state index is -0.952. The van der Waals surface area contributed by atoms with E-state index in [0.717, 1.165) is 0 Å². The lowest BCUT2D eigenvalue weighted by Gasteiger charge is -2.31. The van der Waals surface area contributed by atoms with Crippen LogP contribution in [0.2, 0.25) is 5.02 Å². The molecule has 1 aromatic heterocycles. The van der Waals surface area contributed by atoms with Gasteiger partial charge in [0.15, 0.2) is 5.78 Å². The third kappa shape index (κ3) is 5.11. The first-order chi connectivity index (χ1) is 12.7. The summed E-state index contributed by atoms with van der Waals surface area (Å²) in [6, 6.07) is 5.67. The number of rotatable bonds is 8. The van der Waals surface area contributed by atoms with Gasteiger partial charge in [-0.2, -0.15) is 0 Å². The maximum atomic E-state index is 15.3. The number of benzene rings is 1. The molecule has 0 radical (unpaired) electrons. The van der Waals surface area contributed by atoms with E-state index in [4.69, 9.17) is 16.7 Å². The van der Waals surface area contributed by atoms with Gasteiger partial charge in [-0.25, -0.2) is 4.39 Å². The van der Waals surface area contributed by atoms with Crippen molar-refractivity contribution in [3.63, 3.8) is 0 Å². The van der Waals surface area contributed by atoms with Crippen LogP contribution in [-0.2, 0) is 4.79 Å². The third-order valence-corrected chi connectivity index (χ3v) is 4.53. The lowest BCUT2D eigenvalue weighted by molar-refractivity contribution is -0.138. The van der Waals surface area contributed by atoms with Crippen molar-refractivity contribution in [3.05, 3.63) is 64.2 Å². The minimum absolute atomic E-state index is 0.0183. The van der Waals surface area contributed by atoms with Crippen LogP contribution in [0.25, 0.3) is 0 Å². The second-order valence-electron chi connectivity index (χ2n) is 6.96. The molecule has 2 aromatic rings. The maximum Gasteiger partial charge on any atom is 0.305 e. The van der Waals surface area contributed by atoms with Crippen LogP contribution >= 0.6 is 11.6 Å². The molecule has 1 atom stereocenters. The summed E-state index contributed by atoms with van der Waals surface area (Å²) >= 11 is 6.12. The Morgan fingerprint density at radius 1 is 1.33 bits per heavy atom. The topological polar surface area (TPSA) is 79.3 Å². The quantitative estimate of drug-likeness (QED) is 0.651. The molecule has 0 amide bonds. The second kappa shape index (κ2) is 8.59. The number of aromatic nitrogens is 1. The van der Waals surface area contributed by atoms with Crippen molar-refractivity contribution in [1.82, 2.24) is 10.3 Å². The highest BCUT2D eigenvalue weighted by atomic mass is 35.5. The number of nitrogens with one attached hydrogen (secondary N) is 1. The number of ketones is 1. The van der Waals surface area contributed by atoms with Gasteiger partial charge in [0, 0.05) is 35.1 Å². The minimum Gasteiger partial charge on any atom is -0.481 e. The van der Waals surface area contributed by atoms with Crippen LogP contribution in [0.5, 0.6) is 0 Å². The molecule has 7 heteroatoms. The lowest BCUT2D eigenvalue weighted by atomic mass is 9.93. The first-order valence-electron chi connectivity index (χ1n) is 8.58. The molecule has 144 valence electrons. The molecule has 0 saturated heterocycles. The molecule has 1 heterocycles. The largest absolute Gasteiger partial charge is 0.481 e. The summed E-state index contributed by atoms with van der Waals surface area (Å²) in [5.74, 6) is -2.21. The van der Waals surface area contributed by atoms with Crippen LogP contribution in [0.3, 0.4) is 0 Å². The number of pyridine rings is 1. The van der Waals surface area contributed by atoms with Gasteiger partial charge in [-0.05, 0) is 38.5 Å². The van der Waals surface area contributed by atoms with E-state index in [9.17, 15) is 9.59 Å². The normalized spacial score (nSPS) is 12.6. The summed E-state index contributed by atoms with van der Waals surface area (Å²) in [7, 11) is 0. The Labute approximate surface area is 162 Å². The zero-order valence-corrected chi connectivity index (χ0v) is 16.2. The van der Waals surface area contributed by atoms with Crippen LogP contribution in [0.4, 0.5) is 4.39 Å². The van der Waals surface area contributed by atoms with E-state index in [1.807, 2.05) is 6.92 Å². The standard InChI is InChI=1S/C20H22ClFN2O3/c1-4-15(24-20(2,3)10-16(25)26)13-7-8-14(21)17(18(13)22)19(27)12-6-5-9-23-11-12/h5-9,11,15,24H,4,10H2,1-3H3,(H,25,26)/t15-/m1/s1. The fourth-order valence-corrected chi connectivity index (χ4v) is 3.22. The Morgan fingerprint density at radius 2 is 2.04 bits per heavy atom. The number of halogens is 2. The molecule has 2 N–H and O–H groups in total. The zero-order valence-electron chi connectivity index (χ0n) is 15.4. The molecule has 5 nitrogen and oxygen atoms in total. The van der Waals surface area contributed by atoms with Gasteiger partial charge < -0.3 is 10.4 Å². The number of nitrogens with zero attached hydrogens (tertiary/aromatic N) is 1.